The van der Waals surface area contributed by atoms with Gasteiger partial charge in [0.2, 0.25) is 0 Å². The molecule has 0 saturated carbocycles. The number of aromatic carboxylic acids is 1. The SMILES string of the molecule is Cc1nn(-c2c(F)cccc2CO)cc1C(=O)O. The summed E-state index contributed by atoms with van der Waals surface area (Å²) in [5.74, 6) is -1.69. The van der Waals surface area contributed by atoms with E-state index in [-0.39, 0.29) is 23.6 Å². The fraction of sp³-hybridized carbons (Fsp3) is 0.167. The molecule has 0 radical (unpaired) electrons. The van der Waals surface area contributed by atoms with Crippen LogP contribution in [0.1, 0.15) is 21.6 Å². The van der Waals surface area contributed by atoms with Crippen LogP contribution in [-0.2, 0) is 6.61 Å². The number of halogens is 1. The van der Waals surface area contributed by atoms with Crippen LogP contribution in [0.5, 0.6) is 0 Å². The Morgan fingerprint density at radius 1 is 1.50 bits per heavy atom. The molecule has 2 aromatic rings. The summed E-state index contributed by atoms with van der Waals surface area (Å²) >= 11 is 0. The number of carboxylic acid groups (broad SMARTS) is 1. The minimum Gasteiger partial charge on any atom is -0.478 e. The number of nitrogens with zero attached hydrogens (tertiary/aromatic N) is 2. The first-order valence-corrected chi connectivity index (χ1v) is 5.22. The molecule has 0 saturated heterocycles. The average Bonchev–Trinajstić information content (AvgIpc) is 2.70. The number of aliphatic hydroxyl groups is 1. The zero-order valence-electron chi connectivity index (χ0n) is 9.59. The summed E-state index contributed by atoms with van der Waals surface area (Å²) in [6.07, 6.45) is 1.23. The molecule has 6 heteroatoms. The summed E-state index contributed by atoms with van der Waals surface area (Å²) in [7, 11) is 0. The maximum atomic E-state index is 13.7. The van der Waals surface area contributed by atoms with Crippen molar-refractivity contribution in [3.63, 3.8) is 0 Å². The van der Waals surface area contributed by atoms with Gasteiger partial charge in [0.25, 0.3) is 0 Å². The lowest BCUT2D eigenvalue weighted by Gasteiger charge is -2.08. The van der Waals surface area contributed by atoms with Gasteiger partial charge in [0, 0.05) is 11.8 Å². The van der Waals surface area contributed by atoms with E-state index in [4.69, 9.17) is 10.2 Å². The van der Waals surface area contributed by atoms with Gasteiger partial charge >= 0.3 is 5.97 Å². The number of carbonyl (C=O) groups is 1. The number of aromatic nitrogens is 2. The van der Waals surface area contributed by atoms with Crippen LogP contribution in [0.15, 0.2) is 24.4 Å². The van der Waals surface area contributed by atoms with Crippen molar-refractivity contribution in [1.82, 2.24) is 9.78 Å². The molecule has 0 fully saturated rings. The molecule has 0 aliphatic carbocycles. The van der Waals surface area contributed by atoms with Gasteiger partial charge in [0.1, 0.15) is 17.1 Å². The third-order valence-electron chi connectivity index (χ3n) is 2.60. The predicted octanol–water partition coefficient (Wildman–Crippen LogP) is 1.51. The van der Waals surface area contributed by atoms with Crippen molar-refractivity contribution in [3.05, 3.63) is 47.0 Å². The number of aliphatic hydroxyl groups excluding tert-OH is 1. The van der Waals surface area contributed by atoms with E-state index in [0.717, 1.165) is 4.68 Å². The number of rotatable bonds is 3. The van der Waals surface area contributed by atoms with Crippen LogP contribution < -0.4 is 0 Å². The fourth-order valence-electron chi connectivity index (χ4n) is 1.73. The number of para-hydroxylation sites is 1. The fourth-order valence-corrected chi connectivity index (χ4v) is 1.73. The minimum absolute atomic E-state index is 0.00198. The van der Waals surface area contributed by atoms with E-state index in [1.54, 1.807) is 6.07 Å². The standard InChI is InChI=1S/C12H11FN2O3/c1-7-9(12(17)18)5-15(14-7)11-8(6-16)3-2-4-10(11)13/h2-5,16H,6H2,1H3,(H,17,18). The molecule has 0 unspecified atom stereocenters. The molecule has 1 aromatic heterocycles. The van der Waals surface area contributed by atoms with Crippen molar-refractivity contribution in [2.24, 2.45) is 0 Å². The van der Waals surface area contributed by atoms with Gasteiger partial charge in [-0.15, -0.1) is 0 Å². The van der Waals surface area contributed by atoms with Gasteiger partial charge in [-0.2, -0.15) is 5.10 Å². The van der Waals surface area contributed by atoms with Gasteiger partial charge in [-0.25, -0.2) is 13.9 Å². The molecule has 0 aliphatic rings. The molecule has 1 heterocycles. The maximum absolute atomic E-state index is 13.7. The van der Waals surface area contributed by atoms with E-state index < -0.39 is 11.8 Å². The van der Waals surface area contributed by atoms with E-state index in [0.29, 0.717) is 5.56 Å². The first-order chi connectivity index (χ1) is 8.54. The number of benzene rings is 1. The van der Waals surface area contributed by atoms with E-state index >= 15 is 0 Å². The normalized spacial score (nSPS) is 10.6. The Labute approximate surface area is 102 Å². The largest absolute Gasteiger partial charge is 0.478 e. The molecule has 18 heavy (non-hydrogen) atoms. The summed E-state index contributed by atoms with van der Waals surface area (Å²) in [5.41, 5.74) is 0.696. The Morgan fingerprint density at radius 2 is 2.22 bits per heavy atom. The molecule has 5 nitrogen and oxygen atoms in total. The van der Waals surface area contributed by atoms with E-state index in [1.165, 1.54) is 25.3 Å². The lowest BCUT2D eigenvalue weighted by molar-refractivity contribution is 0.0696. The highest BCUT2D eigenvalue weighted by molar-refractivity contribution is 5.88. The van der Waals surface area contributed by atoms with Gasteiger partial charge in [-0.05, 0) is 13.0 Å². The molecule has 94 valence electrons. The average molecular weight is 250 g/mol. The molecular formula is C12H11FN2O3. The molecule has 2 rings (SSSR count). The molecule has 0 aliphatic heterocycles. The Balaban J connectivity index is 2.62. The summed E-state index contributed by atoms with van der Waals surface area (Å²) in [6, 6.07) is 4.25. The van der Waals surface area contributed by atoms with Crippen molar-refractivity contribution >= 4 is 5.97 Å². The predicted molar refractivity (Wildman–Crippen MR) is 61.1 cm³/mol. The van der Waals surface area contributed by atoms with Crippen LogP contribution >= 0.6 is 0 Å². The van der Waals surface area contributed by atoms with E-state index in [1.807, 2.05) is 0 Å². The van der Waals surface area contributed by atoms with Gasteiger partial charge in [-0.3, -0.25) is 0 Å². The number of hydrogen-bond donors (Lipinski definition) is 2. The summed E-state index contributed by atoms with van der Waals surface area (Å²) in [4.78, 5) is 10.9. The van der Waals surface area contributed by atoms with Gasteiger partial charge in [0.05, 0.1) is 12.3 Å². The first kappa shape index (κ1) is 12.3. The monoisotopic (exact) mass is 250 g/mol. The van der Waals surface area contributed by atoms with Gasteiger partial charge in [-0.1, -0.05) is 12.1 Å². The highest BCUT2D eigenvalue weighted by Gasteiger charge is 2.16. The van der Waals surface area contributed by atoms with Crippen LogP contribution in [-0.4, -0.2) is 26.0 Å². The van der Waals surface area contributed by atoms with E-state index in [2.05, 4.69) is 5.10 Å². The first-order valence-electron chi connectivity index (χ1n) is 5.22. The van der Waals surface area contributed by atoms with Crippen molar-refractivity contribution in [2.75, 3.05) is 0 Å². The third-order valence-corrected chi connectivity index (χ3v) is 2.60. The highest BCUT2D eigenvalue weighted by Crippen LogP contribution is 2.20. The Hall–Kier alpha value is -2.21. The van der Waals surface area contributed by atoms with Crippen LogP contribution in [0, 0.1) is 12.7 Å². The molecule has 0 amide bonds. The zero-order valence-corrected chi connectivity index (χ0v) is 9.59. The van der Waals surface area contributed by atoms with Crippen molar-refractivity contribution in [1.29, 1.82) is 0 Å². The smallest absolute Gasteiger partial charge is 0.339 e. The molecule has 0 atom stereocenters. The lowest BCUT2D eigenvalue weighted by atomic mass is 10.2. The van der Waals surface area contributed by atoms with Crippen molar-refractivity contribution in [2.45, 2.75) is 13.5 Å². The van der Waals surface area contributed by atoms with Gasteiger partial charge in [0.15, 0.2) is 0 Å². The lowest BCUT2D eigenvalue weighted by Crippen LogP contribution is -2.04. The second-order valence-corrected chi connectivity index (χ2v) is 3.78. The van der Waals surface area contributed by atoms with Crippen LogP contribution in [0.2, 0.25) is 0 Å². The van der Waals surface area contributed by atoms with E-state index in [9.17, 15) is 9.18 Å². The number of carboxylic acids is 1. The number of aryl methyl sites for hydroxylation is 1. The quantitative estimate of drug-likeness (QED) is 0.865. The Bertz CT molecular complexity index is 607. The maximum Gasteiger partial charge on any atom is 0.339 e. The molecule has 1 aromatic carbocycles. The summed E-state index contributed by atoms with van der Waals surface area (Å²) < 4.78 is 14.9. The van der Waals surface area contributed by atoms with Crippen molar-refractivity contribution < 1.29 is 19.4 Å². The molecule has 0 bridgehead atoms. The Morgan fingerprint density at radius 3 is 2.78 bits per heavy atom. The third kappa shape index (κ3) is 1.98. The molecular weight excluding hydrogens is 239 g/mol. The minimum atomic E-state index is -1.12. The van der Waals surface area contributed by atoms with Crippen LogP contribution in [0.25, 0.3) is 5.69 Å². The number of hydrogen-bond acceptors (Lipinski definition) is 3. The highest BCUT2D eigenvalue weighted by atomic mass is 19.1. The molecule has 0 spiro atoms. The second kappa shape index (κ2) is 4.58. The summed E-state index contributed by atoms with van der Waals surface area (Å²) in [5, 5.41) is 22.0. The molecule has 2 N–H and O–H groups in total. The van der Waals surface area contributed by atoms with Crippen molar-refractivity contribution in [3.8, 4) is 5.69 Å². The topological polar surface area (TPSA) is 75.3 Å². The van der Waals surface area contributed by atoms with Crippen LogP contribution in [0.4, 0.5) is 4.39 Å². The summed E-state index contributed by atoms with van der Waals surface area (Å²) in [6.45, 7) is 1.17. The Kier molecular flexibility index (Phi) is 3.12. The van der Waals surface area contributed by atoms with Gasteiger partial charge < -0.3 is 10.2 Å². The second-order valence-electron chi connectivity index (χ2n) is 3.78. The zero-order chi connectivity index (χ0) is 13.3. The van der Waals surface area contributed by atoms with Crippen LogP contribution in [0.3, 0.4) is 0 Å².